The van der Waals surface area contributed by atoms with Gasteiger partial charge in [-0.15, -0.1) is 0 Å². The zero-order valence-corrected chi connectivity index (χ0v) is 18.8. The molecule has 3 aromatic rings. The summed E-state index contributed by atoms with van der Waals surface area (Å²) in [6.07, 6.45) is -2.48. The third-order valence-electron chi connectivity index (χ3n) is 6.22. The first-order chi connectivity index (χ1) is 16.0. The molecule has 0 aromatic heterocycles. The van der Waals surface area contributed by atoms with Crippen LogP contribution in [-0.4, -0.2) is 42.7 Å². The summed E-state index contributed by atoms with van der Waals surface area (Å²) in [5.74, 6) is 0.602. The monoisotopic (exact) mass is 447 g/mol. The topological polar surface area (TPSA) is 88.0 Å². The minimum absolute atomic E-state index is 0.00778. The molecule has 2 unspecified atom stereocenters. The third-order valence-corrected chi connectivity index (χ3v) is 6.22. The molecule has 6 nitrogen and oxygen atoms in total. The molecule has 1 aliphatic rings. The number of carbonyl (C=O) groups excluding carboxylic acids is 1. The van der Waals surface area contributed by atoms with Gasteiger partial charge in [0.25, 0.3) is 0 Å². The molecular formula is C27H29NO5. The molecule has 0 spiro atoms. The largest absolute Gasteiger partial charge is 0.497 e. The molecule has 6 heteroatoms. The van der Waals surface area contributed by atoms with Gasteiger partial charge < -0.3 is 25.0 Å². The maximum Gasteiger partial charge on any atom is 0.407 e. The van der Waals surface area contributed by atoms with E-state index in [9.17, 15) is 15.0 Å². The number of methoxy groups -OCH3 is 1. The average Bonchev–Trinajstić information content (AvgIpc) is 3.16. The lowest BCUT2D eigenvalue weighted by molar-refractivity contribution is 0.0132. The van der Waals surface area contributed by atoms with Crippen LogP contribution in [-0.2, 0) is 4.74 Å². The minimum Gasteiger partial charge on any atom is -0.497 e. The van der Waals surface area contributed by atoms with Gasteiger partial charge >= 0.3 is 6.09 Å². The highest BCUT2D eigenvalue weighted by atomic mass is 16.5. The van der Waals surface area contributed by atoms with Gasteiger partial charge in [0.05, 0.1) is 13.2 Å². The molecule has 3 aromatic carbocycles. The summed E-state index contributed by atoms with van der Waals surface area (Å²) in [7, 11) is 1.55. The van der Waals surface area contributed by atoms with E-state index in [1.165, 1.54) is 11.1 Å². The number of alkyl carbamates (subject to hydrolysis) is 1. The molecule has 0 saturated heterocycles. The van der Waals surface area contributed by atoms with Crippen LogP contribution in [0.3, 0.4) is 0 Å². The predicted octanol–water partition coefficient (Wildman–Crippen LogP) is 4.33. The van der Waals surface area contributed by atoms with E-state index in [0.717, 1.165) is 16.7 Å². The summed E-state index contributed by atoms with van der Waals surface area (Å²) in [4.78, 5) is 12.3. The maximum absolute atomic E-state index is 12.3. The van der Waals surface area contributed by atoms with E-state index in [-0.39, 0.29) is 25.5 Å². The smallest absolute Gasteiger partial charge is 0.407 e. The Kier molecular flexibility index (Phi) is 6.96. The number of carbonyl (C=O) groups is 1. The lowest BCUT2D eigenvalue weighted by Crippen LogP contribution is -2.30. The number of nitrogens with one attached hydrogen (secondary N) is 1. The number of aliphatic hydroxyl groups excluding tert-OH is 2. The SMILES string of the molecule is COc1ccc(C)c(C(O)C(O)CCNC(=O)OCC2c3ccccc3-c3ccccc32)c1. The minimum atomic E-state index is -1.08. The van der Waals surface area contributed by atoms with Crippen molar-refractivity contribution in [1.29, 1.82) is 0 Å². The standard InChI is InChI=1S/C27H29NO5/c1-17-11-12-18(32-2)15-23(17)26(30)25(29)13-14-28-27(31)33-16-24-21-9-5-3-7-19(21)20-8-4-6-10-22(20)24/h3-12,15,24-26,29-30H,13-14,16H2,1-2H3,(H,28,31). The summed E-state index contributed by atoms with van der Waals surface area (Å²) >= 11 is 0. The Morgan fingerprint density at radius 3 is 2.27 bits per heavy atom. The number of aliphatic hydroxyl groups is 2. The Morgan fingerprint density at radius 2 is 1.64 bits per heavy atom. The van der Waals surface area contributed by atoms with E-state index in [0.29, 0.717) is 11.3 Å². The molecule has 3 N–H and O–H groups in total. The second-order valence-electron chi connectivity index (χ2n) is 8.28. The average molecular weight is 448 g/mol. The van der Waals surface area contributed by atoms with Gasteiger partial charge in [-0.1, -0.05) is 54.6 Å². The molecule has 0 bridgehead atoms. The highest BCUT2D eigenvalue weighted by Crippen LogP contribution is 2.44. The summed E-state index contributed by atoms with van der Waals surface area (Å²) in [5, 5.41) is 23.6. The molecule has 4 rings (SSSR count). The van der Waals surface area contributed by atoms with Gasteiger partial charge in [0.1, 0.15) is 18.5 Å². The summed E-state index contributed by atoms with van der Waals surface area (Å²) in [6.45, 7) is 2.27. The zero-order chi connectivity index (χ0) is 23.4. The Labute approximate surface area is 193 Å². The van der Waals surface area contributed by atoms with Gasteiger partial charge in [-0.3, -0.25) is 0 Å². The van der Waals surface area contributed by atoms with Crippen LogP contribution >= 0.6 is 0 Å². The highest BCUT2D eigenvalue weighted by Gasteiger charge is 2.29. The molecule has 0 heterocycles. The predicted molar refractivity (Wildman–Crippen MR) is 126 cm³/mol. The molecule has 0 radical (unpaired) electrons. The number of aryl methyl sites for hydroxylation is 1. The summed E-state index contributed by atoms with van der Waals surface area (Å²) < 4.78 is 10.7. The normalized spacial score (nSPS) is 14.2. The number of ether oxygens (including phenoxy) is 2. The fourth-order valence-corrected chi connectivity index (χ4v) is 4.40. The first-order valence-corrected chi connectivity index (χ1v) is 11.1. The number of rotatable bonds is 8. The second-order valence-corrected chi connectivity index (χ2v) is 8.28. The van der Waals surface area contributed by atoms with Crippen LogP contribution in [0.1, 0.15) is 40.7 Å². The van der Waals surface area contributed by atoms with Crippen LogP contribution in [0.2, 0.25) is 0 Å². The van der Waals surface area contributed by atoms with Gasteiger partial charge in [-0.25, -0.2) is 4.79 Å². The molecule has 2 atom stereocenters. The Morgan fingerprint density at radius 1 is 1.00 bits per heavy atom. The van der Waals surface area contributed by atoms with E-state index in [2.05, 4.69) is 29.6 Å². The first-order valence-electron chi connectivity index (χ1n) is 11.1. The molecule has 0 saturated carbocycles. The fraction of sp³-hybridized carbons (Fsp3) is 0.296. The molecule has 0 fully saturated rings. The van der Waals surface area contributed by atoms with Crippen molar-refractivity contribution in [3.05, 3.63) is 89.0 Å². The Balaban J connectivity index is 1.29. The van der Waals surface area contributed by atoms with E-state index in [1.807, 2.05) is 37.3 Å². The quantitative estimate of drug-likeness (QED) is 0.479. The Hall–Kier alpha value is -3.35. The van der Waals surface area contributed by atoms with E-state index in [1.54, 1.807) is 19.2 Å². The number of hydrogen-bond donors (Lipinski definition) is 3. The zero-order valence-electron chi connectivity index (χ0n) is 18.8. The summed E-state index contributed by atoms with van der Waals surface area (Å²) in [6, 6.07) is 21.7. The number of amides is 1. The van der Waals surface area contributed by atoms with Crippen molar-refractivity contribution in [1.82, 2.24) is 5.32 Å². The first kappa shape index (κ1) is 22.8. The summed E-state index contributed by atoms with van der Waals surface area (Å²) in [5.41, 5.74) is 6.10. The van der Waals surface area contributed by atoms with Crippen LogP contribution < -0.4 is 10.1 Å². The number of hydrogen-bond acceptors (Lipinski definition) is 5. The van der Waals surface area contributed by atoms with Crippen LogP contribution in [0, 0.1) is 6.92 Å². The number of benzene rings is 3. The van der Waals surface area contributed by atoms with Crippen molar-refractivity contribution in [3.8, 4) is 16.9 Å². The lowest BCUT2D eigenvalue weighted by atomic mass is 9.97. The highest BCUT2D eigenvalue weighted by molar-refractivity contribution is 5.79. The molecule has 33 heavy (non-hydrogen) atoms. The Bertz CT molecular complexity index is 1080. The van der Waals surface area contributed by atoms with Gasteiger partial charge in [0.15, 0.2) is 0 Å². The van der Waals surface area contributed by atoms with Gasteiger partial charge in [0, 0.05) is 12.5 Å². The van der Waals surface area contributed by atoms with Crippen LogP contribution in [0.15, 0.2) is 66.7 Å². The van der Waals surface area contributed by atoms with Gasteiger partial charge in [-0.2, -0.15) is 0 Å². The molecule has 0 aliphatic heterocycles. The van der Waals surface area contributed by atoms with Crippen molar-refractivity contribution in [2.24, 2.45) is 0 Å². The van der Waals surface area contributed by atoms with Crippen molar-refractivity contribution in [2.75, 3.05) is 20.3 Å². The number of fused-ring (bicyclic) bond motifs is 3. The van der Waals surface area contributed by atoms with Crippen LogP contribution in [0.4, 0.5) is 4.79 Å². The van der Waals surface area contributed by atoms with Crippen LogP contribution in [0.5, 0.6) is 5.75 Å². The van der Waals surface area contributed by atoms with Crippen molar-refractivity contribution in [3.63, 3.8) is 0 Å². The lowest BCUT2D eigenvalue weighted by Gasteiger charge is -2.21. The van der Waals surface area contributed by atoms with Crippen LogP contribution in [0.25, 0.3) is 11.1 Å². The molecular weight excluding hydrogens is 418 g/mol. The fourth-order valence-electron chi connectivity index (χ4n) is 4.40. The second kappa shape index (κ2) is 10.1. The van der Waals surface area contributed by atoms with Crippen molar-refractivity contribution in [2.45, 2.75) is 31.5 Å². The maximum atomic E-state index is 12.3. The van der Waals surface area contributed by atoms with Crippen molar-refractivity contribution >= 4 is 6.09 Å². The van der Waals surface area contributed by atoms with E-state index >= 15 is 0 Å². The molecule has 1 aliphatic carbocycles. The van der Waals surface area contributed by atoms with Crippen molar-refractivity contribution < 1.29 is 24.5 Å². The van der Waals surface area contributed by atoms with E-state index < -0.39 is 18.3 Å². The van der Waals surface area contributed by atoms with Gasteiger partial charge in [0.2, 0.25) is 0 Å². The molecule has 172 valence electrons. The van der Waals surface area contributed by atoms with Gasteiger partial charge in [-0.05, 0) is 58.9 Å². The molecule has 1 amide bonds. The third kappa shape index (κ3) is 4.87. The van der Waals surface area contributed by atoms with E-state index in [4.69, 9.17) is 9.47 Å².